The van der Waals surface area contributed by atoms with E-state index in [4.69, 9.17) is 11.6 Å². The molecule has 0 amide bonds. The SMILES string of the molecule is Cc1ccc(Cl)cc1C(=O)c1cc[nH]c1. The molecule has 0 atom stereocenters. The molecule has 15 heavy (non-hydrogen) atoms. The Morgan fingerprint density at radius 3 is 2.80 bits per heavy atom. The summed E-state index contributed by atoms with van der Waals surface area (Å²) in [5.74, 6) is -0.00347. The number of nitrogens with one attached hydrogen (secondary N) is 1. The van der Waals surface area contributed by atoms with Crippen molar-refractivity contribution >= 4 is 17.4 Å². The van der Waals surface area contributed by atoms with E-state index in [1.54, 1.807) is 30.6 Å². The van der Waals surface area contributed by atoms with Crippen molar-refractivity contribution in [3.05, 3.63) is 58.4 Å². The minimum atomic E-state index is -0.00347. The summed E-state index contributed by atoms with van der Waals surface area (Å²) < 4.78 is 0. The van der Waals surface area contributed by atoms with Gasteiger partial charge in [0.25, 0.3) is 0 Å². The topological polar surface area (TPSA) is 32.9 Å². The molecule has 76 valence electrons. The van der Waals surface area contributed by atoms with E-state index in [1.165, 1.54) is 0 Å². The van der Waals surface area contributed by atoms with Crippen LogP contribution in [0.25, 0.3) is 0 Å². The number of carbonyl (C=O) groups is 1. The monoisotopic (exact) mass is 219 g/mol. The Labute approximate surface area is 92.9 Å². The number of rotatable bonds is 2. The Morgan fingerprint density at radius 2 is 2.13 bits per heavy atom. The number of halogens is 1. The van der Waals surface area contributed by atoms with Gasteiger partial charge < -0.3 is 4.98 Å². The highest BCUT2D eigenvalue weighted by atomic mass is 35.5. The van der Waals surface area contributed by atoms with Gasteiger partial charge in [-0.2, -0.15) is 0 Å². The molecule has 0 spiro atoms. The minimum Gasteiger partial charge on any atom is -0.367 e. The summed E-state index contributed by atoms with van der Waals surface area (Å²) in [6, 6.07) is 7.09. The van der Waals surface area contributed by atoms with Crippen LogP contribution < -0.4 is 0 Å². The zero-order valence-corrected chi connectivity index (χ0v) is 9.01. The van der Waals surface area contributed by atoms with Crippen molar-refractivity contribution in [1.29, 1.82) is 0 Å². The first-order valence-electron chi connectivity index (χ1n) is 4.62. The van der Waals surface area contributed by atoms with Gasteiger partial charge in [-0.25, -0.2) is 0 Å². The predicted molar refractivity (Wildman–Crippen MR) is 60.4 cm³/mol. The Balaban J connectivity index is 2.46. The molecule has 0 aliphatic carbocycles. The molecule has 0 radical (unpaired) electrons. The highest BCUT2D eigenvalue weighted by molar-refractivity contribution is 6.31. The van der Waals surface area contributed by atoms with E-state index in [9.17, 15) is 4.79 Å². The van der Waals surface area contributed by atoms with Crippen molar-refractivity contribution in [1.82, 2.24) is 4.98 Å². The molecule has 0 bridgehead atoms. The lowest BCUT2D eigenvalue weighted by atomic mass is 10.0. The van der Waals surface area contributed by atoms with E-state index < -0.39 is 0 Å². The standard InChI is InChI=1S/C12H10ClNO/c1-8-2-3-10(13)6-11(8)12(15)9-4-5-14-7-9/h2-7,14H,1H3. The average Bonchev–Trinajstić information content (AvgIpc) is 2.74. The van der Waals surface area contributed by atoms with Crippen LogP contribution in [0.15, 0.2) is 36.7 Å². The number of H-pyrrole nitrogens is 1. The van der Waals surface area contributed by atoms with Gasteiger partial charge in [-0.15, -0.1) is 0 Å². The van der Waals surface area contributed by atoms with Crippen LogP contribution in [0, 0.1) is 6.92 Å². The maximum absolute atomic E-state index is 12.0. The second-order valence-electron chi connectivity index (χ2n) is 3.39. The molecule has 1 aromatic heterocycles. The van der Waals surface area contributed by atoms with E-state index in [2.05, 4.69) is 4.98 Å². The molecular weight excluding hydrogens is 210 g/mol. The van der Waals surface area contributed by atoms with Crippen LogP contribution in [-0.4, -0.2) is 10.8 Å². The van der Waals surface area contributed by atoms with Gasteiger partial charge in [0.15, 0.2) is 5.78 Å². The molecule has 2 rings (SSSR count). The fourth-order valence-corrected chi connectivity index (χ4v) is 1.63. The summed E-state index contributed by atoms with van der Waals surface area (Å²) in [5, 5.41) is 0.583. The van der Waals surface area contributed by atoms with Gasteiger partial charge in [0, 0.05) is 28.5 Å². The highest BCUT2D eigenvalue weighted by Crippen LogP contribution is 2.18. The molecule has 0 aliphatic rings. The molecule has 1 aromatic carbocycles. The van der Waals surface area contributed by atoms with E-state index in [0.29, 0.717) is 16.1 Å². The zero-order valence-electron chi connectivity index (χ0n) is 8.25. The van der Waals surface area contributed by atoms with Gasteiger partial charge in [0.1, 0.15) is 0 Å². The molecule has 0 aliphatic heterocycles. The summed E-state index contributed by atoms with van der Waals surface area (Å²) in [5.41, 5.74) is 2.24. The van der Waals surface area contributed by atoms with Crippen LogP contribution in [-0.2, 0) is 0 Å². The molecule has 1 N–H and O–H groups in total. The number of hydrogen-bond donors (Lipinski definition) is 1. The van der Waals surface area contributed by atoms with Crippen LogP contribution >= 0.6 is 11.6 Å². The smallest absolute Gasteiger partial charge is 0.194 e. The lowest BCUT2D eigenvalue weighted by Gasteiger charge is -2.03. The number of aromatic amines is 1. The van der Waals surface area contributed by atoms with Crippen LogP contribution in [0.2, 0.25) is 5.02 Å². The van der Waals surface area contributed by atoms with Gasteiger partial charge in [-0.1, -0.05) is 17.7 Å². The highest BCUT2D eigenvalue weighted by Gasteiger charge is 2.12. The third-order valence-electron chi connectivity index (χ3n) is 2.30. The van der Waals surface area contributed by atoms with Crippen molar-refractivity contribution < 1.29 is 4.79 Å². The lowest BCUT2D eigenvalue weighted by molar-refractivity contribution is 0.103. The fraction of sp³-hybridized carbons (Fsp3) is 0.0833. The van der Waals surface area contributed by atoms with Gasteiger partial charge in [0.05, 0.1) is 0 Å². The van der Waals surface area contributed by atoms with Crippen LogP contribution in [0.4, 0.5) is 0 Å². The summed E-state index contributed by atoms with van der Waals surface area (Å²) >= 11 is 5.86. The first-order valence-corrected chi connectivity index (χ1v) is 5.00. The number of aromatic nitrogens is 1. The number of hydrogen-bond acceptors (Lipinski definition) is 1. The first kappa shape index (κ1) is 9.99. The van der Waals surface area contributed by atoms with Crippen LogP contribution in [0.1, 0.15) is 21.5 Å². The molecular formula is C12H10ClNO. The van der Waals surface area contributed by atoms with Gasteiger partial charge >= 0.3 is 0 Å². The molecule has 2 nitrogen and oxygen atoms in total. The van der Waals surface area contributed by atoms with Crippen molar-refractivity contribution in [3.63, 3.8) is 0 Å². The minimum absolute atomic E-state index is 0.00347. The Kier molecular flexibility index (Phi) is 2.60. The van der Waals surface area contributed by atoms with Crippen LogP contribution in [0.3, 0.4) is 0 Å². The average molecular weight is 220 g/mol. The second-order valence-corrected chi connectivity index (χ2v) is 3.82. The molecule has 0 fully saturated rings. The maximum Gasteiger partial charge on any atom is 0.194 e. The fourth-order valence-electron chi connectivity index (χ4n) is 1.46. The van der Waals surface area contributed by atoms with E-state index in [1.807, 2.05) is 13.0 Å². The number of benzene rings is 1. The Morgan fingerprint density at radius 1 is 1.33 bits per heavy atom. The third kappa shape index (κ3) is 1.95. The van der Waals surface area contributed by atoms with E-state index in [-0.39, 0.29) is 5.78 Å². The number of aryl methyl sites for hydroxylation is 1. The predicted octanol–water partition coefficient (Wildman–Crippen LogP) is 3.21. The third-order valence-corrected chi connectivity index (χ3v) is 2.54. The number of carbonyl (C=O) groups excluding carboxylic acids is 1. The Hall–Kier alpha value is -1.54. The second kappa shape index (κ2) is 3.91. The molecule has 2 aromatic rings. The van der Waals surface area contributed by atoms with Crippen molar-refractivity contribution in [2.24, 2.45) is 0 Å². The van der Waals surface area contributed by atoms with Crippen molar-refractivity contribution in [2.45, 2.75) is 6.92 Å². The normalized spacial score (nSPS) is 10.3. The van der Waals surface area contributed by atoms with E-state index in [0.717, 1.165) is 5.56 Å². The number of ketones is 1. The Bertz CT molecular complexity index is 488. The summed E-state index contributed by atoms with van der Waals surface area (Å²) in [6.07, 6.45) is 3.41. The van der Waals surface area contributed by atoms with E-state index >= 15 is 0 Å². The van der Waals surface area contributed by atoms with Gasteiger partial charge in [-0.05, 0) is 30.7 Å². The summed E-state index contributed by atoms with van der Waals surface area (Å²) in [4.78, 5) is 14.9. The molecule has 3 heteroatoms. The largest absolute Gasteiger partial charge is 0.367 e. The lowest BCUT2D eigenvalue weighted by Crippen LogP contribution is -2.02. The zero-order chi connectivity index (χ0) is 10.8. The molecule has 0 saturated carbocycles. The molecule has 0 saturated heterocycles. The van der Waals surface area contributed by atoms with Crippen LogP contribution in [0.5, 0.6) is 0 Å². The summed E-state index contributed by atoms with van der Waals surface area (Å²) in [7, 11) is 0. The first-order chi connectivity index (χ1) is 7.18. The molecule has 1 heterocycles. The van der Waals surface area contributed by atoms with Gasteiger partial charge in [0.2, 0.25) is 0 Å². The summed E-state index contributed by atoms with van der Waals surface area (Å²) in [6.45, 7) is 1.90. The van der Waals surface area contributed by atoms with Crippen molar-refractivity contribution in [2.75, 3.05) is 0 Å². The van der Waals surface area contributed by atoms with Gasteiger partial charge in [-0.3, -0.25) is 4.79 Å². The molecule has 0 unspecified atom stereocenters. The quantitative estimate of drug-likeness (QED) is 0.773. The van der Waals surface area contributed by atoms with Crippen molar-refractivity contribution in [3.8, 4) is 0 Å². The maximum atomic E-state index is 12.0.